The molecule has 1 fully saturated rings. The van der Waals surface area contributed by atoms with Crippen molar-refractivity contribution in [1.29, 1.82) is 0 Å². The van der Waals surface area contributed by atoms with Gasteiger partial charge < -0.3 is 5.11 Å². The number of carbonyl (C=O) groups excluding carboxylic acids is 1. The molecule has 156 valence electrons. The molecule has 0 amide bonds. The quantitative estimate of drug-likeness (QED) is 0.653. The lowest BCUT2D eigenvalue weighted by atomic mass is 9.64. The van der Waals surface area contributed by atoms with Crippen molar-refractivity contribution in [2.45, 2.75) is 84.2 Å². The highest BCUT2D eigenvalue weighted by Gasteiger charge is 2.49. The molecular formula is C27H36O2. The number of hydrogen-bond donors (Lipinski definition) is 1. The molecule has 2 heteroatoms. The van der Waals surface area contributed by atoms with Gasteiger partial charge in [0.15, 0.2) is 5.78 Å². The molecule has 1 aromatic rings. The van der Waals surface area contributed by atoms with Crippen LogP contribution in [-0.2, 0) is 11.2 Å². The lowest BCUT2D eigenvalue weighted by Crippen LogP contribution is -2.37. The van der Waals surface area contributed by atoms with Crippen LogP contribution in [0.15, 0.2) is 47.6 Å². The topological polar surface area (TPSA) is 37.3 Å². The summed E-state index contributed by atoms with van der Waals surface area (Å²) in [4.78, 5) is 11.8. The smallest absolute Gasteiger partial charge is 0.156 e. The number of aliphatic hydroxyl groups is 1. The van der Waals surface area contributed by atoms with Crippen LogP contribution in [0, 0.1) is 17.3 Å². The first-order valence-electron chi connectivity index (χ1n) is 11.6. The van der Waals surface area contributed by atoms with E-state index in [1.54, 1.807) is 0 Å². The monoisotopic (exact) mass is 392 g/mol. The fraction of sp³-hybridized carbons (Fsp3) is 0.593. The number of ketones is 1. The summed E-state index contributed by atoms with van der Waals surface area (Å²) in [6.45, 7) is 6.85. The Labute approximate surface area is 176 Å². The highest BCUT2D eigenvalue weighted by atomic mass is 16.3. The van der Waals surface area contributed by atoms with Crippen LogP contribution in [-0.4, -0.2) is 17.0 Å². The third-order valence-electron chi connectivity index (χ3n) is 8.13. The summed E-state index contributed by atoms with van der Waals surface area (Å²) in [6, 6.07) is 9.06. The van der Waals surface area contributed by atoms with Crippen LogP contribution < -0.4 is 0 Å². The number of aryl methyl sites for hydroxylation is 1. The molecule has 1 saturated carbocycles. The van der Waals surface area contributed by atoms with Gasteiger partial charge in [0.1, 0.15) is 0 Å². The van der Waals surface area contributed by atoms with Crippen molar-refractivity contribution in [2.24, 2.45) is 17.3 Å². The second kappa shape index (κ2) is 8.22. The lowest BCUT2D eigenvalue weighted by Gasteiger charge is -2.42. The summed E-state index contributed by atoms with van der Waals surface area (Å²) in [5, 5.41) is 11.0. The van der Waals surface area contributed by atoms with Crippen LogP contribution in [0.4, 0.5) is 0 Å². The Morgan fingerprint density at radius 1 is 1.07 bits per heavy atom. The summed E-state index contributed by atoms with van der Waals surface area (Å²) < 4.78 is 0. The molecular weight excluding hydrogens is 356 g/mol. The van der Waals surface area contributed by atoms with Crippen molar-refractivity contribution in [3.05, 3.63) is 58.7 Å². The van der Waals surface area contributed by atoms with Gasteiger partial charge in [-0.2, -0.15) is 0 Å². The molecule has 3 aliphatic carbocycles. The summed E-state index contributed by atoms with van der Waals surface area (Å²) in [7, 11) is 0. The van der Waals surface area contributed by atoms with Gasteiger partial charge in [0.25, 0.3) is 0 Å². The minimum Gasteiger partial charge on any atom is -0.393 e. The first-order valence-corrected chi connectivity index (χ1v) is 11.6. The fourth-order valence-corrected chi connectivity index (χ4v) is 6.28. The van der Waals surface area contributed by atoms with Gasteiger partial charge >= 0.3 is 0 Å². The maximum absolute atomic E-state index is 11.8. The molecule has 0 aromatic heterocycles. The number of allylic oxidation sites excluding steroid dienone is 4. The number of aliphatic hydroxyl groups excluding tert-OH is 1. The number of carbonyl (C=O) groups is 1. The number of rotatable bonds is 5. The molecule has 3 aliphatic rings. The molecule has 0 heterocycles. The minimum absolute atomic E-state index is 0.0454. The average Bonchev–Trinajstić information content (AvgIpc) is 3.01. The molecule has 0 bridgehead atoms. The van der Waals surface area contributed by atoms with Crippen LogP contribution in [0.3, 0.4) is 0 Å². The SMILES string of the molecule is CCc1ccc(C(C)CC2(C)C(O)CCC2C2C=C3CCC(=O)C=C3CC2)cc1. The third-order valence-corrected chi connectivity index (χ3v) is 8.13. The normalized spacial score (nSPS) is 33.1. The van der Waals surface area contributed by atoms with E-state index in [1.165, 1.54) is 22.3 Å². The molecule has 0 spiro atoms. The minimum atomic E-state index is -0.215. The van der Waals surface area contributed by atoms with Gasteiger partial charge in [-0.3, -0.25) is 4.79 Å². The summed E-state index contributed by atoms with van der Waals surface area (Å²) in [5.74, 6) is 1.80. The van der Waals surface area contributed by atoms with Gasteiger partial charge in [-0.15, -0.1) is 0 Å². The Morgan fingerprint density at radius 3 is 2.55 bits per heavy atom. The maximum Gasteiger partial charge on any atom is 0.156 e. The van der Waals surface area contributed by atoms with Gasteiger partial charge in [0.2, 0.25) is 0 Å². The van der Waals surface area contributed by atoms with Gasteiger partial charge in [-0.1, -0.05) is 51.1 Å². The van der Waals surface area contributed by atoms with Gasteiger partial charge in [-0.25, -0.2) is 0 Å². The van der Waals surface area contributed by atoms with Crippen molar-refractivity contribution in [2.75, 3.05) is 0 Å². The van der Waals surface area contributed by atoms with Crippen LogP contribution in [0.25, 0.3) is 0 Å². The highest BCUT2D eigenvalue weighted by molar-refractivity contribution is 5.92. The first-order chi connectivity index (χ1) is 13.9. The molecule has 0 aliphatic heterocycles. The molecule has 5 unspecified atom stereocenters. The summed E-state index contributed by atoms with van der Waals surface area (Å²) in [5.41, 5.74) is 5.42. The number of hydrogen-bond acceptors (Lipinski definition) is 2. The van der Waals surface area contributed by atoms with E-state index in [0.717, 1.165) is 44.9 Å². The van der Waals surface area contributed by atoms with E-state index in [9.17, 15) is 9.90 Å². The lowest BCUT2D eigenvalue weighted by molar-refractivity contribution is -0.114. The molecule has 4 rings (SSSR count). The Balaban J connectivity index is 1.54. The van der Waals surface area contributed by atoms with Crippen molar-refractivity contribution in [3.8, 4) is 0 Å². The Bertz CT molecular complexity index is 815. The standard InChI is InChI=1S/C27H36O2/c1-4-19-5-7-20(8-6-19)18(2)17-27(3)25(13-14-26(27)29)23-10-9-22-16-24(28)12-11-21(22)15-23/h5-8,15-16,18,23,25-26,29H,4,9-14,17H2,1-3H3. The first kappa shape index (κ1) is 20.6. The predicted molar refractivity (Wildman–Crippen MR) is 119 cm³/mol. The zero-order valence-electron chi connectivity index (χ0n) is 18.3. The summed E-state index contributed by atoms with van der Waals surface area (Å²) >= 11 is 0. The highest BCUT2D eigenvalue weighted by Crippen LogP contribution is 2.54. The van der Waals surface area contributed by atoms with E-state index < -0.39 is 0 Å². The zero-order valence-corrected chi connectivity index (χ0v) is 18.3. The fourth-order valence-electron chi connectivity index (χ4n) is 6.28. The van der Waals surface area contributed by atoms with Crippen LogP contribution in [0.5, 0.6) is 0 Å². The van der Waals surface area contributed by atoms with E-state index in [2.05, 4.69) is 51.1 Å². The van der Waals surface area contributed by atoms with Crippen LogP contribution in [0.2, 0.25) is 0 Å². The van der Waals surface area contributed by atoms with Crippen LogP contribution >= 0.6 is 0 Å². The molecule has 5 atom stereocenters. The molecule has 0 saturated heterocycles. The molecule has 0 radical (unpaired) electrons. The van der Waals surface area contributed by atoms with Crippen molar-refractivity contribution in [1.82, 2.24) is 0 Å². The van der Waals surface area contributed by atoms with E-state index in [0.29, 0.717) is 30.0 Å². The second-order valence-corrected chi connectivity index (χ2v) is 9.94. The van der Waals surface area contributed by atoms with Gasteiger partial charge in [0, 0.05) is 6.42 Å². The van der Waals surface area contributed by atoms with Crippen molar-refractivity contribution in [3.63, 3.8) is 0 Å². The average molecular weight is 393 g/mol. The molecule has 29 heavy (non-hydrogen) atoms. The molecule has 2 nitrogen and oxygen atoms in total. The van der Waals surface area contributed by atoms with Crippen molar-refractivity contribution < 1.29 is 9.90 Å². The maximum atomic E-state index is 11.8. The second-order valence-electron chi connectivity index (χ2n) is 9.94. The van der Waals surface area contributed by atoms with E-state index >= 15 is 0 Å². The van der Waals surface area contributed by atoms with Crippen molar-refractivity contribution >= 4 is 5.78 Å². The number of fused-ring (bicyclic) bond motifs is 1. The van der Waals surface area contributed by atoms with E-state index in [4.69, 9.17) is 0 Å². The van der Waals surface area contributed by atoms with E-state index in [1.807, 2.05) is 6.08 Å². The van der Waals surface area contributed by atoms with E-state index in [-0.39, 0.29) is 11.5 Å². The third kappa shape index (κ3) is 4.01. The number of benzene rings is 1. The Hall–Kier alpha value is -1.67. The van der Waals surface area contributed by atoms with Gasteiger partial charge in [0.05, 0.1) is 6.10 Å². The largest absolute Gasteiger partial charge is 0.393 e. The van der Waals surface area contributed by atoms with Gasteiger partial charge in [-0.05, 0) is 96.5 Å². The molecule has 1 N–H and O–H groups in total. The zero-order chi connectivity index (χ0) is 20.6. The summed E-state index contributed by atoms with van der Waals surface area (Å²) in [6.07, 6.45) is 12.0. The van der Waals surface area contributed by atoms with Crippen LogP contribution in [0.1, 0.15) is 82.8 Å². The molecule has 1 aromatic carbocycles. The Kier molecular flexibility index (Phi) is 5.84. The predicted octanol–water partition coefficient (Wildman–Crippen LogP) is 6.15. The Morgan fingerprint density at radius 2 is 1.83 bits per heavy atom.